The molecule has 0 bridgehead atoms. The van der Waals surface area contributed by atoms with E-state index < -0.39 is 11.9 Å². The lowest BCUT2D eigenvalue weighted by atomic mass is 9.70. The van der Waals surface area contributed by atoms with Crippen LogP contribution in [-0.4, -0.2) is 69.2 Å². The molecule has 2 fully saturated rings. The Morgan fingerprint density at radius 2 is 1.00 bits per heavy atom. The van der Waals surface area contributed by atoms with Gasteiger partial charge in [-0.1, -0.05) is 96.0 Å². The van der Waals surface area contributed by atoms with Crippen LogP contribution in [0.5, 0.6) is 0 Å². The highest BCUT2D eigenvalue weighted by Crippen LogP contribution is 2.47. The van der Waals surface area contributed by atoms with Crippen molar-refractivity contribution in [2.24, 2.45) is 0 Å². The van der Waals surface area contributed by atoms with Crippen LogP contribution in [0.15, 0.2) is 72.8 Å². The number of benzene rings is 4. The van der Waals surface area contributed by atoms with Crippen molar-refractivity contribution < 1.29 is 19.8 Å². The van der Waals surface area contributed by atoms with E-state index in [2.05, 4.69) is 58.3 Å². The highest BCUT2D eigenvalue weighted by atomic mass is 35.5. The molecule has 2 unspecified atom stereocenters. The normalized spacial score (nSPS) is 23.3. The highest BCUT2D eigenvalue weighted by Gasteiger charge is 2.48. The number of likely N-dealkylation sites (tertiary alicyclic amines) is 2. The number of aryl methyl sites for hydroxylation is 2. The van der Waals surface area contributed by atoms with E-state index in [0.717, 1.165) is 97.8 Å². The van der Waals surface area contributed by atoms with Gasteiger partial charge in [-0.2, -0.15) is 0 Å². The maximum absolute atomic E-state index is 11.4. The van der Waals surface area contributed by atoms with Gasteiger partial charge in [0.15, 0.2) is 0 Å². The van der Waals surface area contributed by atoms with Crippen molar-refractivity contribution in [3.8, 4) is 33.4 Å². The van der Waals surface area contributed by atoms with E-state index in [1.54, 1.807) is 0 Å². The lowest BCUT2D eigenvalue weighted by Gasteiger charge is -2.54. The molecule has 8 heteroatoms. The molecular weight excluding hydrogens is 643 g/mol. The molecule has 6 nitrogen and oxygen atoms in total. The number of rotatable bonds is 7. The fourth-order valence-corrected chi connectivity index (χ4v) is 9.58. The second kappa shape index (κ2) is 12.0. The maximum atomic E-state index is 11.4. The first-order chi connectivity index (χ1) is 23.1. The third-order valence-corrected chi connectivity index (χ3v) is 12.6. The summed E-state index contributed by atoms with van der Waals surface area (Å²) < 4.78 is 0. The number of halogens is 2. The Kier molecular flexibility index (Phi) is 7.91. The lowest BCUT2D eigenvalue weighted by Crippen LogP contribution is -2.63. The molecule has 2 atom stereocenters. The average Bonchev–Trinajstić information content (AvgIpc) is 3.08. The predicted molar refractivity (Wildman–Crippen MR) is 190 cm³/mol. The van der Waals surface area contributed by atoms with Crippen molar-refractivity contribution in [1.29, 1.82) is 0 Å². The van der Waals surface area contributed by atoms with Crippen molar-refractivity contribution in [3.63, 3.8) is 0 Å². The molecule has 2 spiro atoms. The summed E-state index contributed by atoms with van der Waals surface area (Å²) in [5.74, 6) is -1.51. The Hall–Kier alpha value is -3.68. The van der Waals surface area contributed by atoms with E-state index in [-0.39, 0.29) is 24.2 Å². The molecule has 2 heterocycles. The Morgan fingerprint density at radius 1 is 0.583 bits per heavy atom. The Labute approximate surface area is 290 Å². The van der Waals surface area contributed by atoms with Crippen LogP contribution in [0.3, 0.4) is 0 Å². The number of hydrogen-bond donors (Lipinski definition) is 2. The van der Waals surface area contributed by atoms with Crippen molar-refractivity contribution in [2.75, 3.05) is 26.2 Å². The summed E-state index contributed by atoms with van der Waals surface area (Å²) in [6.45, 7) is 1.94. The van der Waals surface area contributed by atoms with Crippen LogP contribution in [0.4, 0.5) is 0 Å². The van der Waals surface area contributed by atoms with Gasteiger partial charge in [0.25, 0.3) is 0 Å². The largest absolute Gasteiger partial charge is 0.480 e. The number of carbonyl (C=O) groups is 2. The maximum Gasteiger partial charge on any atom is 0.317 e. The molecule has 4 aromatic carbocycles. The predicted octanol–water partition coefficient (Wildman–Crippen LogP) is 8.03. The van der Waals surface area contributed by atoms with E-state index in [0.29, 0.717) is 10.0 Å². The van der Waals surface area contributed by atoms with E-state index in [9.17, 15) is 19.8 Å². The lowest BCUT2D eigenvalue weighted by molar-refractivity contribution is -0.145. The number of nitrogens with zero attached hydrogens (tertiary/aromatic N) is 2. The summed E-state index contributed by atoms with van der Waals surface area (Å²) in [5, 5.41) is 20.0. The van der Waals surface area contributed by atoms with Gasteiger partial charge in [0.2, 0.25) is 0 Å². The summed E-state index contributed by atoms with van der Waals surface area (Å²) in [6.07, 6.45) is 7.67. The number of carboxylic acid groups (broad SMARTS) is 2. The van der Waals surface area contributed by atoms with Crippen LogP contribution in [0, 0.1) is 0 Å². The van der Waals surface area contributed by atoms with Crippen LogP contribution >= 0.6 is 23.2 Å². The molecule has 2 aliphatic carbocycles. The quantitative estimate of drug-likeness (QED) is 0.206. The molecule has 0 radical (unpaired) electrons. The zero-order valence-corrected chi connectivity index (χ0v) is 28.3. The average molecular weight is 682 g/mol. The standard InChI is InChI=1S/C40H38Cl2N2O4/c41-37-31(27-7-9-29-21-39(13-11-25(29)19-27)15-17-43(39)23-35(45)46)3-1-5-33(37)34-6-2-4-32(38(34)42)28-8-10-30-22-40(14-12-26(30)20-28)16-18-44(40)24-36(47)48/h1-10,19-20H,11-18,21-24H2,(H,45,46)(H,47,48). The highest BCUT2D eigenvalue weighted by molar-refractivity contribution is 6.39. The second-order valence-corrected chi connectivity index (χ2v) is 15.0. The number of carboxylic acids is 2. The SMILES string of the molecule is O=C(O)CN1CCC12CCc1cc(-c3cccc(-c4cccc(-c5ccc6c(c5)CCC5(CCN5CC(=O)O)C6)c4Cl)c3Cl)ccc1C2. The molecular formula is C40H38Cl2N2O4. The third kappa shape index (κ3) is 5.34. The van der Waals surface area contributed by atoms with Crippen molar-refractivity contribution in [2.45, 2.75) is 62.4 Å². The Morgan fingerprint density at radius 3 is 1.38 bits per heavy atom. The van der Waals surface area contributed by atoms with Crippen LogP contribution in [0.1, 0.15) is 47.9 Å². The van der Waals surface area contributed by atoms with Gasteiger partial charge in [0, 0.05) is 46.4 Å². The van der Waals surface area contributed by atoms with E-state index in [4.69, 9.17) is 23.2 Å². The molecule has 0 aromatic heterocycles. The third-order valence-electron chi connectivity index (χ3n) is 11.8. The fraction of sp³-hybridized carbons (Fsp3) is 0.350. The van der Waals surface area contributed by atoms with Gasteiger partial charge in [0.1, 0.15) is 0 Å². The smallest absolute Gasteiger partial charge is 0.317 e. The topological polar surface area (TPSA) is 81.1 Å². The van der Waals surface area contributed by atoms with Gasteiger partial charge in [-0.15, -0.1) is 0 Å². The van der Waals surface area contributed by atoms with Crippen LogP contribution in [0.2, 0.25) is 10.0 Å². The molecule has 4 aromatic rings. The Balaban J connectivity index is 1.06. The molecule has 0 saturated carbocycles. The van der Waals surface area contributed by atoms with Gasteiger partial charge in [-0.3, -0.25) is 19.4 Å². The summed E-state index contributed by atoms with van der Waals surface area (Å²) in [4.78, 5) is 27.0. The van der Waals surface area contributed by atoms with Gasteiger partial charge >= 0.3 is 11.9 Å². The van der Waals surface area contributed by atoms with Gasteiger partial charge in [-0.05, 0) is 84.7 Å². The number of aliphatic carboxylic acids is 2. The molecule has 0 amide bonds. The summed E-state index contributed by atoms with van der Waals surface area (Å²) in [7, 11) is 0. The Bertz CT molecular complexity index is 1840. The van der Waals surface area contributed by atoms with Crippen LogP contribution < -0.4 is 0 Å². The van der Waals surface area contributed by atoms with E-state index >= 15 is 0 Å². The summed E-state index contributed by atoms with van der Waals surface area (Å²) in [6, 6.07) is 25.5. The second-order valence-electron chi connectivity index (χ2n) is 14.2. The minimum atomic E-state index is -0.757. The summed E-state index contributed by atoms with van der Waals surface area (Å²) in [5.41, 5.74) is 11.0. The van der Waals surface area contributed by atoms with Crippen LogP contribution in [0.25, 0.3) is 33.4 Å². The van der Waals surface area contributed by atoms with Crippen molar-refractivity contribution >= 4 is 35.1 Å². The number of fused-ring (bicyclic) bond motifs is 2. The number of hydrogen-bond acceptors (Lipinski definition) is 4. The molecule has 2 aliphatic heterocycles. The minimum absolute atomic E-state index is 0.0216. The molecule has 8 rings (SSSR count). The minimum Gasteiger partial charge on any atom is -0.480 e. The fourth-order valence-electron chi connectivity index (χ4n) is 8.90. The summed E-state index contributed by atoms with van der Waals surface area (Å²) >= 11 is 14.4. The molecule has 246 valence electrons. The first kappa shape index (κ1) is 31.6. The van der Waals surface area contributed by atoms with Gasteiger partial charge < -0.3 is 10.2 Å². The van der Waals surface area contributed by atoms with Crippen LogP contribution in [-0.2, 0) is 35.3 Å². The molecule has 48 heavy (non-hydrogen) atoms. The van der Waals surface area contributed by atoms with Crippen molar-refractivity contribution in [3.05, 3.63) is 105 Å². The molecule has 2 N–H and O–H groups in total. The molecule has 2 saturated heterocycles. The first-order valence-corrected chi connectivity index (χ1v) is 17.7. The first-order valence-electron chi connectivity index (χ1n) is 16.9. The van der Waals surface area contributed by atoms with E-state index in [1.807, 2.05) is 24.3 Å². The van der Waals surface area contributed by atoms with Crippen molar-refractivity contribution in [1.82, 2.24) is 9.80 Å². The van der Waals surface area contributed by atoms with Gasteiger partial charge in [0.05, 0.1) is 23.1 Å². The molecule has 4 aliphatic rings. The zero-order valence-electron chi connectivity index (χ0n) is 26.8. The van der Waals surface area contributed by atoms with E-state index in [1.165, 1.54) is 22.3 Å². The van der Waals surface area contributed by atoms with Gasteiger partial charge in [-0.25, -0.2) is 0 Å². The monoisotopic (exact) mass is 680 g/mol. The zero-order chi connectivity index (χ0) is 33.2.